The lowest BCUT2D eigenvalue weighted by atomic mass is 9.80. The summed E-state index contributed by atoms with van der Waals surface area (Å²) in [7, 11) is 1.76. The van der Waals surface area contributed by atoms with Crippen LogP contribution in [0.2, 0.25) is 0 Å². The molecule has 0 aromatic heterocycles. The minimum absolute atomic E-state index is 0.189. The maximum atomic E-state index is 13.1. The first-order chi connectivity index (χ1) is 11.2. The lowest BCUT2D eigenvalue weighted by molar-refractivity contribution is -0.131. The number of ether oxygens (including phenoxy) is 1. The predicted molar refractivity (Wildman–Crippen MR) is 89.2 cm³/mol. The molecule has 2 saturated heterocycles. The van der Waals surface area contributed by atoms with E-state index in [9.17, 15) is 4.79 Å². The first kappa shape index (κ1) is 15.9. The lowest BCUT2D eigenvalue weighted by Gasteiger charge is -2.29. The van der Waals surface area contributed by atoms with E-state index < -0.39 is 0 Å². The number of nitrogens with one attached hydrogen (secondary N) is 2. The fourth-order valence-corrected chi connectivity index (χ4v) is 5.13. The van der Waals surface area contributed by atoms with E-state index in [-0.39, 0.29) is 16.7 Å². The molecule has 5 heteroatoms. The van der Waals surface area contributed by atoms with Gasteiger partial charge in [0.1, 0.15) is 0 Å². The second-order valence-corrected chi connectivity index (χ2v) is 8.47. The molecule has 0 aromatic rings. The molecule has 5 nitrogen and oxygen atoms in total. The minimum Gasteiger partial charge on any atom is -0.384 e. The van der Waals surface area contributed by atoms with E-state index in [4.69, 9.17) is 4.74 Å². The Morgan fingerprint density at radius 3 is 2.83 bits per heavy atom. The lowest BCUT2D eigenvalue weighted by Crippen LogP contribution is -2.49. The maximum absolute atomic E-state index is 13.1. The van der Waals surface area contributed by atoms with Crippen LogP contribution in [0.25, 0.3) is 0 Å². The van der Waals surface area contributed by atoms with Crippen LogP contribution in [-0.2, 0) is 9.53 Å². The minimum atomic E-state index is -0.189. The fraction of sp³-hybridized carbons (Fsp3) is 0.944. The summed E-state index contributed by atoms with van der Waals surface area (Å²) in [6.45, 7) is 5.48. The largest absolute Gasteiger partial charge is 0.384 e. The number of fused-ring (bicyclic) bond motifs is 1. The maximum Gasteiger partial charge on any atom is 0.229 e. The Labute approximate surface area is 139 Å². The summed E-state index contributed by atoms with van der Waals surface area (Å²) >= 11 is 0. The standard InChI is InChI=1S/C18H31N3O2/c1-23-13-17(6-7-17)10-20-16(22)18-11-19-8-14(18)9-21(12-18)15-4-2-3-5-15/h14-15,19H,2-13H2,1H3,(H,20,22)/t14-,18-/m1/s1. The van der Waals surface area contributed by atoms with Gasteiger partial charge in [-0.25, -0.2) is 0 Å². The van der Waals surface area contributed by atoms with Crippen LogP contribution in [0.3, 0.4) is 0 Å². The number of methoxy groups -OCH3 is 1. The zero-order valence-corrected chi connectivity index (χ0v) is 14.4. The Morgan fingerprint density at radius 1 is 1.35 bits per heavy atom. The van der Waals surface area contributed by atoms with Gasteiger partial charge in [-0.05, 0) is 25.7 Å². The van der Waals surface area contributed by atoms with Crippen LogP contribution in [0.5, 0.6) is 0 Å². The van der Waals surface area contributed by atoms with Crippen LogP contribution in [0, 0.1) is 16.7 Å². The van der Waals surface area contributed by atoms with Gasteiger partial charge in [-0.2, -0.15) is 0 Å². The number of likely N-dealkylation sites (tertiary alicyclic amines) is 1. The van der Waals surface area contributed by atoms with Crippen molar-refractivity contribution in [2.75, 3.05) is 46.4 Å². The first-order valence-corrected chi connectivity index (χ1v) is 9.40. The third-order valence-corrected chi connectivity index (χ3v) is 6.88. The van der Waals surface area contributed by atoms with Crippen LogP contribution in [0.4, 0.5) is 0 Å². The van der Waals surface area contributed by atoms with Gasteiger partial charge < -0.3 is 15.4 Å². The summed E-state index contributed by atoms with van der Waals surface area (Å²) in [4.78, 5) is 15.7. The molecule has 23 heavy (non-hydrogen) atoms. The second-order valence-electron chi connectivity index (χ2n) is 8.47. The molecular weight excluding hydrogens is 290 g/mol. The monoisotopic (exact) mass is 321 g/mol. The highest BCUT2D eigenvalue weighted by Crippen LogP contribution is 2.46. The molecule has 2 N–H and O–H groups in total. The smallest absolute Gasteiger partial charge is 0.229 e. The summed E-state index contributed by atoms with van der Waals surface area (Å²) in [6, 6.07) is 0.730. The van der Waals surface area contributed by atoms with Gasteiger partial charge in [0.15, 0.2) is 0 Å². The highest BCUT2D eigenvalue weighted by atomic mass is 16.5. The van der Waals surface area contributed by atoms with Crippen molar-refractivity contribution in [3.8, 4) is 0 Å². The van der Waals surface area contributed by atoms with E-state index in [1.54, 1.807) is 7.11 Å². The van der Waals surface area contributed by atoms with E-state index in [2.05, 4.69) is 15.5 Å². The molecular formula is C18H31N3O2. The Hall–Kier alpha value is -0.650. The number of rotatable bonds is 6. The highest BCUT2D eigenvalue weighted by Gasteiger charge is 2.56. The van der Waals surface area contributed by atoms with E-state index in [0.29, 0.717) is 5.92 Å². The molecule has 0 spiro atoms. The van der Waals surface area contributed by atoms with Crippen LogP contribution < -0.4 is 10.6 Å². The van der Waals surface area contributed by atoms with Crippen LogP contribution >= 0.6 is 0 Å². The molecule has 1 amide bonds. The van der Waals surface area contributed by atoms with Crippen molar-refractivity contribution in [1.82, 2.24) is 15.5 Å². The van der Waals surface area contributed by atoms with Crippen molar-refractivity contribution in [1.29, 1.82) is 0 Å². The van der Waals surface area contributed by atoms with Gasteiger partial charge in [0.05, 0.1) is 12.0 Å². The summed E-state index contributed by atoms with van der Waals surface area (Å²) in [5.41, 5.74) is 0.0397. The van der Waals surface area contributed by atoms with Crippen molar-refractivity contribution in [3.05, 3.63) is 0 Å². The number of carbonyl (C=O) groups is 1. The highest BCUT2D eigenvalue weighted by molar-refractivity contribution is 5.84. The molecule has 2 aliphatic heterocycles. The molecule has 2 aliphatic carbocycles. The average molecular weight is 321 g/mol. The van der Waals surface area contributed by atoms with E-state index in [1.807, 2.05) is 0 Å². The van der Waals surface area contributed by atoms with Gasteiger partial charge in [0.2, 0.25) is 5.91 Å². The first-order valence-electron chi connectivity index (χ1n) is 9.40. The molecule has 0 radical (unpaired) electrons. The molecule has 0 aromatic carbocycles. The summed E-state index contributed by atoms with van der Waals surface area (Å²) in [5, 5.41) is 6.78. The van der Waals surface area contributed by atoms with Gasteiger partial charge in [-0.3, -0.25) is 9.69 Å². The number of carbonyl (C=O) groups excluding carboxylic acids is 1. The molecule has 0 unspecified atom stereocenters. The molecule has 2 atom stereocenters. The molecule has 4 fully saturated rings. The molecule has 4 aliphatic rings. The normalized spacial score (nSPS) is 36.3. The van der Waals surface area contributed by atoms with Gasteiger partial charge >= 0.3 is 0 Å². The van der Waals surface area contributed by atoms with Crippen molar-refractivity contribution in [3.63, 3.8) is 0 Å². The zero-order valence-electron chi connectivity index (χ0n) is 14.4. The van der Waals surface area contributed by atoms with Crippen molar-refractivity contribution < 1.29 is 9.53 Å². The van der Waals surface area contributed by atoms with E-state index >= 15 is 0 Å². The topological polar surface area (TPSA) is 53.6 Å². The number of nitrogens with zero attached hydrogens (tertiary/aromatic N) is 1. The van der Waals surface area contributed by atoms with E-state index in [0.717, 1.165) is 45.4 Å². The number of hydrogen-bond donors (Lipinski definition) is 2. The van der Waals surface area contributed by atoms with Gasteiger partial charge in [-0.1, -0.05) is 12.8 Å². The molecule has 130 valence electrons. The predicted octanol–water partition coefficient (Wildman–Crippen LogP) is 0.993. The summed E-state index contributed by atoms with van der Waals surface area (Å²) < 4.78 is 5.32. The van der Waals surface area contributed by atoms with Crippen LogP contribution in [0.1, 0.15) is 38.5 Å². The van der Waals surface area contributed by atoms with E-state index in [1.165, 1.54) is 38.5 Å². The Bertz CT molecular complexity index is 459. The average Bonchev–Trinajstić information content (AvgIpc) is 2.95. The van der Waals surface area contributed by atoms with Gasteiger partial charge in [0, 0.05) is 57.2 Å². The molecule has 0 bridgehead atoms. The Balaban J connectivity index is 1.40. The molecule has 2 saturated carbocycles. The molecule has 2 heterocycles. The third-order valence-electron chi connectivity index (χ3n) is 6.88. The molecule has 4 rings (SSSR count). The van der Waals surface area contributed by atoms with Crippen LogP contribution in [-0.4, -0.2) is 63.3 Å². The Kier molecular flexibility index (Phi) is 4.14. The quantitative estimate of drug-likeness (QED) is 0.766. The summed E-state index contributed by atoms with van der Waals surface area (Å²) in [5.74, 6) is 0.774. The SMILES string of the molecule is COCC1(CNC(=O)[C@@]23CNC[C@@H]2CN(C2CCCC2)C3)CC1. The van der Waals surface area contributed by atoms with Crippen molar-refractivity contribution in [2.45, 2.75) is 44.6 Å². The Morgan fingerprint density at radius 2 is 2.13 bits per heavy atom. The van der Waals surface area contributed by atoms with Crippen molar-refractivity contribution >= 4 is 5.91 Å². The zero-order chi connectivity index (χ0) is 15.9. The second kappa shape index (κ2) is 6.01. The van der Waals surface area contributed by atoms with Gasteiger partial charge in [0.25, 0.3) is 0 Å². The third kappa shape index (κ3) is 2.81. The summed E-state index contributed by atoms with van der Waals surface area (Å²) in [6.07, 6.45) is 7.75. The van der Waals surface area contributed by atoms with Gasteiger partial charge in [-0.15, -0.1) is 0 Å². The number of hydrogen-bond acceptors (Lipinski definition) is 4. The fourth-order valence-electron chi connectivity index (χ4n) is 5.13. The number of amides is 1. The van der Waals surface area contributed by atoms with Crippen LogP contribution in [0.15, 0.2) is 0 Å². The van der Waals surface area contributed by atoms with Crippen molar-refractivity contribution in [2.24, 2.45) is 16.7 Å².